The van der Waals surface area contributed by atoms with Crippen LogP contribution in [0.2, 0.25) is 5.02 Å². The maximum Gasteiger partial charge on any atom is 0.231 e. The first-order chi connectivity index (χ1) is 8.24. The fourth-order valence-electron chi connectivity index (χ4n) is 1.58. The molecule has 6 heteroatoms. The third-order valence-electron chi connectivity index (χ3n) is 2.36. The summed E-state index contributed by atoms with van der Waals surface area (Å²) < 4.78 is 10.5. The topological polar surface area (TPSA) is 70.3 Å². The van der Waals surface area contributed by atoms with Crippen LogP contribution in [-0.2, 0) is 0 Å². The molecule has 86 valence electrons. The number of ether oxygens (including phenoxy) is 2. The van der Waals surface area contributed by atoms with Crippen LogP contribution in [0.15, 0.2) is 24.5 Å². The van der Waals surface area contributed by atoms with Gasteiger partial charge in [0.25, 0.3) is 0 Å². The molecule has 1 aromatic heterocycles. The van der Waals surface area contributed by atoms with Crippen molar-refractivity contribution in [3.63, 3.8) is 0 Å². The predicted molar refractivity (Wildman–Crippen MR) is 63.0 cm³/mol. The van der Waals surface area contributed by atoms with E-state index in [2.05, 4.69) is 9.97 Å². The van der Waals surface area contributed by atoms with Crippen LogP contribution in [0.1, 0.15) is 0 Å². The van der Waals surface area contributed by atoms with Gasteiger partial charge in [0.05, 0.1) is 23.1 Å². The number of halogens is 1. The number of nitrogens with zero attached hydrogens (tertiary/aromatic N) is 2. The first-order valence-electron chi connectivity index (χ1n) is 4.91. The van der Waals surface area contributed by atoms with Crippen LogP contribution in [0.5, 0.6) is 11.5 Å². The molecule has 1 aliphatic heterocycles. The van der Waals surface area contributed by atoms with E-state index < -0.39 is 0 Å². The van der Waals surface area contributed by atoms with Gasteiger partial charge in [-0.2, -0.15) is 0 Å². The van der Waals surface area contributed by atoms with Gasteiger partial charge in [-0.1, -0.05) is 11.6 Å². The van der Waals surface area contributed by atoms with E-state index in [0.717, 1.165) is 5.56 Å². The first-order valence-corrected chi connectivity index (χ1v) is 5.29. The maximum absolute atomic E-state index is 6.07. The van der Waals surface area contributed by atoms with Crippen LogP contribution in [0, 0.1) is 0 Å². The van der Waals surface area contributed by atoms with Crippen molar-refractivity contribution in [3.05, 3.63) is 29.5 Å². The average Bonchev–Trinajstić information content (AvgIpc) is 2.78. The molecule has 3 rings (SSSR count). The fourth-order valence-corrected chi connectivity index (χ4v) is 1.85. The Labute approximate surface area is 102 Å². The minimum absolute atomic E-state index is 0.182. The zero-order valence-electron chi connectivity index (χ0n) is 8.68. The van der Waals surface area contributed by atoms with Crippen LogP contribution < -0.4 is 15.2 Å². The molecule has 2 aromatic rings. The molecule has 0 amide bonds. The summed E-state index contributed by atoms with van der Waals surface area (Å²) in [6, 6.07) is 3.53. The Hall–Kier alpha value is -2.01. The van der Waals surface area contributed by atoms with Gasteiger partial charge in [0.2, 0.25) is 6.79 Å². The molecule has 0 atom stereocenters. The highest BCUT2D eigenvalue weighted by Crippen LogP contribution is 2.41. The molecular weight excluding hydrogens is 242 g/mol. The molecule has 0 radical (unpaired) electrons. The Kier molecular flexibility index (Phi) is 2.26. The SMILES string of the molecule is Nc1cnc(-c2cc(Cl)c3c(c2)OCO3)nc1. The van der Waals surface area contributed by atoms with E-state index in [1.165, 1.54) is 0 Å². The van der Waals surface area contributed by atoms with Crippen LogP contribution in [0.25, 0.3) is 11.4 Å². The van der Waals surface area contributed by atoms with Crippen LogP contribution >= 0.6 is 11.6 Å². The smallest absolute Gasteiger partial charge is 0.231 e. The monoisotopic (exact) mass is 249 g/mol. The Morgan fingerprint density at radius 2 is 1.94 bits per heavy atom. The molecule has 5 nitrogen and oxygen atoms in total. The molecule has 0 aliphatic carbocycles. The van der Waals surface area contributed by atoms with Gasteiger partial charge in [0.15, 0.2) is 17.3 Å². The maximum atomic E-state index is 6.07. The number of nitrogen functional groups attached to an aromatic ring is 1. The molecular formula is C11H8ClN3O2. The van der Waals surface area contributed by atoms with Gasteiger partial charge in [-0.25, -0.2) is 9.97 Å². The van der Waals surface area contributed by atoms with Gasteiger partial charge in [-0.3, -0.25) is 0 Å². The molecule has 2 heterocycles. The van der Waals surface area contributed by atoms with Gasteiger partial charge in [-0.15, -0.1) is 0 Å². The Balaban J connectivity index is 2.10. The Morgan fingerprint density at radius 3 is 2.71 bits per heavy atom. The summed E-state index contributed by atoms with van der Waals surface area (Å²) >= 11 is 6.07. The summed E-state index contributed by atoms with van der Waals surface area (Å²) in [5.74, 6) is 1.71. The second-order valence-electron chi connectivity index (χ2n) is 3.53. The van der Waals surface area contributed by atoms with E-state index in [9.17, 15) is 0 Å². The molecule has 0 bridgehead atoms. The minimum Gasteiger partial charge on any atom is -0.454 e. The number of benzene rings is 1. The highest BCUT2D eigenvalue weighted by Gasteiger charge is 2.19. The second kappa shape index (κ2) is 3.78. The molecule has 0 saturated heterocycles. The first kappa shape index (κ1) is 10.2. The zero-order valence-corrected chi connectivity index (χ0v) is 9.44. The van der Waals surface area contributed by atoms with Crippen molar-refractivity contribution in [1.29, 1.82) is 0 Å². The van der Waals surface area contributed by atoms with Crippen molar-refractivity contribution in [2.24, 2.45) is 0 Å². The number of rotatable bonds is 1. The molecule has 0 unspecified atom stereocenters. The van der Waals surface area contributed by atoms with Crippen molar-refractivity contribution >= 4 is 17.3 Å². The standard InChI is InChI=1S/C11H8ClN3O2/c12-8-1-6(2-9-10(8)17-5-16-9)11-14-3-7(13)4-15-11/h1-4H,5,13H2. The summed E-state index contributed by atoms with van der Waals surface area (Å²) in [7, 11) is 0. The number of fused-ring (bicyclic) bond motifs is 1. The lowest BCUT2D eigenvalue weighted by Crippen LogP contribution is -1.93. The highest BCUT2D eigenvalue weighted by molar-refractivity contribution is 6.32. The van der Waals surface area contributed by atoms with E-state index in [1.807, 2.05) is 0 Å². The van der Waals surface area contributed by atoms with E-state index in [0.29, 0.717) is 28.0 Å². The van der Waals surface area contributed by atoms with Crippen LogP contribution in [0.3, 0.4) is 0 Å². The van der Waals surface area contributed by atoms with Crippen molar-refractivity contribution < 1.29 is 9.47 Å². The lowest BCUT2D eigenvalue weighted by molar-refractivity contribution is 0.174. The normalized spacial score (nSPS) is 12.8. The van der Waals surface area contributed by atoms with Gasteiger partial charge >= 0.3 is 0 Å². The van der Waals surface area contributed by atoms with Gasteiger partial charge in [-0.05, 0) is 12.1 Å². The Morgan fingerprint density at radius 1 is 1.18 bits per heavy atom. The van der Waals surface area contributed by atoms with Crippen molar-refractivity contribution in [1.82, 2.24) is 9.97 Å². The van der Waals surface area contributed by atoms with Crippen molar-refractivity contribution in [2.45, 2.75) is 0 Å². The number of hydrogen-bond acceptors (Lipinski definition) is 5. The molecule has 2 N–H and O–H groups in total. The van der Waals surface area contributed by atoms with Crippen molar-refractivity contribution in [2.75, 3.05) is 12.5 Å². The Bertz CT molecular complexity index is 572. The average molecular weight is 250 g/mol. The second-order valence-corrected chi connectivity index (χ2v) is 3.94. The lowest BCUT2D eigenvalue weighted by Gasteiger charge is -2.04. The summed E-state index contributed by atoms with van der Waals surface area (Å²) in [6.07, 6.45) is 3.08. The van der Waals surface area contributed by atoms with Gasteiger partial charge < -0.3 is 15.2 Å². The summed E-state index contributed by atoms with van der Waals surface area (Å²) in [5, 5.41) is 0.482. The van der Waals surface area contributed by atoms with Crippen molar-refractivity contribution in [3.8, 4) is 22.9 Å². The van der Waals surface area contributed by atoms with E-state index in [4.69, 9.17) is 26.8 Å². The number of nitrogens with two attached hydrogens (primary N) is 1. The highest BCUT2D eigenvalue weighted by atomic mass is 35.5. The van der Waals surface area contributed by atoms with Gasteiger partial charge in [0, 0.05) is 5.56 Å². The molecule has 1 aromatic carbocycles. The fraction of sp³-hybridized carbons (Fsp3) is 0.0909. The number of aromatic nitrogens is 2. The quantitative estimate of drug-likeness (QED) is 0.838. The third-order valence-corrected chi connectivity index (χ3v) is 2.64. The largest absolute Gasteiger partial charge is 0.454 e. The van der Waals surface area contributed by atoms with Crippen LogP contribution in [-0.4, -0.2) is 16.8 Å². The molecule has 0 saturated carbocycles. The number of hydrogen-bond donors (Lipinski definition) is 1. The predicted octanol–water partition coefficient (Wildman–Crippen LogP) is 2.11. The van der Waals surface area contributed by atoms with E-state index >= 15 is 0 Å². The lowest BCUT2D eigenvalue weighted by atomic mass is 10.2. The third kappa shape index (κ3) is 1.74. The molecule has 1 aliphatic rings. The van der Waals surface area contributed by atoms with E-state index in [-0.39, 0.29) is 6.79 Å². The zero-order chi connectivity index (χ0) is 11.8. The summed E-state index contributed by atoms with van der Waals surface area (Å²) in [5.41, 5.74) is 6.81. The molecule has 0 fully saturated rings. The number of anilines is 1. The van der Waals surface area contributed by atoms with Crippen LogP contribution in [0.4, 0.5) is 5.69 Å². The van der Waals surface area contributed by atoms with E-state index in [1.54, 1.807) is 24.5 Å². The minimum atomic E-state index is 0.182. The molecule has 17 heavy (non-hydrogen) atoms. The molecule has 0 spiro atoms. The summed E-state index contributed by atoms with van der Waals surface area (Å²) in [6.45, 7) is 0.182. The summed E-state index contributed by atoms with van der Waals surface area (Å²) in [4.78, 5) is 8.25. The van der Waals surface area contributed by atoms with Gasteiger partial charge in [0.1, 0.15) is 0 Å².